The lowest BCUT2D eigenvalue weighted by molar-refractivity contribution is -0.174. The first-order valence-electron chi connectivity index (χ1n) is 12.1. The summed E-state index contributed by atoms with van der Waals surface area (Å²) in [7, 11) is 0. The van der Waals surface area contributed by atoms with Gasteiger partial charge >= 0.3 is 17.9 Å². The maximum atomic E-state index is 11.9. The van der Waals surface area contributed by atoms with E-state index in [0.29, 0.717) is 0 Å². The van der Waals surface area contributed by atoms with Crippen molar-refractivity contribution in [1.29, 1.82) is 0 Å². The number of hydrogen-bond donors (Lipinski definition) is 0. The van der Waals surface area contributed by atoms with Crippen LogP contribution in [0.4, 0.5) is 0 Å². The van der Waals surface area contributed by atoms with Crippen molar-refractivity contribution in [1.82, 2.24) is 0 Å². The van der Waals surface area contributed by atoms with E-state index in [0.717, 1.165) is 18.2 Å². The molecule has 0 radical (unpaired) electrons. The zero-order valence-electron chi connectivity index (χ0n) is 23.3. The van der Waals surface area contributed by atoms with Crippen molar-refractivity contribution < 1.29 is 61.8 Å². The zero-order chi connectivity index (χ0) is 30.8. The highest BCUT2D eigenvalue weighted by molar-refractivity contribution is 5.82. The molecule has 0 atom stereocenters. The standard InChI is InChI=1S/C28H40O13/c1-7-24(29)39-18-28(19-40-25(30)8-2,20-41-26(31)9-3)14-35-13-27(15-36-21-32-10-4,16-37-22-33-11-5)17-38-23-34-12-6/h7-12H,1-6,13-23H2. The first kappa shape index (κ1) is 37.1. The fraction of sp³-hybridized carbons (Fsp3) is 0.464. The highest BCUT2D eigenvalue weighted by Crippen LogP contribution is 2.26. The molecule has 0 aromatic carbocycles. The average molecular weight is 585 g/mol. The van der Waals surface area contributed by atoms with E-state index in [1.165, 1.54) is 18.8 Å². The van der Waals surface area contributed by atoms with Gasteiger partial charge in [0.05, 0.1) is 62.7 Å². The van der Waals surface area contributed by atoms with Crippen molar-refractivity contribution in [2.24, 2.45) is 10.8 Å². The Morgan fingerprint density at radius 2 is 0.707 bits per heavy atom. The van der Waals surface area contributed by atoms with E-state index in [4.69, 9.17) is 47.4 Å². The number of carbonyl (C=O) groups is 3. The molecular weight excluding hydrogens is 544 g/mol. The second kappa shape index (κ2) is 22.9. The number of hydrogen-bond acceptors (Lipinski definition) is 13. The van der Waals surface area contributed by atoms with Crippen LogP contribution < -0.4 is 0 Å². The van der Waals surface area contributed by atoms with Gasteiger partial charge in [0, 0.05) is 18.2 Å². The van der Waals surface area contributed by atoms with Crippen LogP contribution in [-0.4, -0.2) is 91.1 Å². The van der Waals surface area contributed by atoms with Crippen molar-refractivity contribution >= 4 is 17.9 Å². The van der Waals surface area contributed by atoms with E-state index >= 15 is 0 Å². The fourth-order valence-corrected chi connectivity index (χ4v) is 2.90. The predicted octanol–water partition coefficient (Wildman–Crippen LogP) is 2.57. The van der Waals surface area contributed by atoms with Crippen LogP contribution in [0.5, 0.6) is 0 Å². The molecule has 13 heteroatoms. The van der Waals surface area contributed by atoms with E-state index in [-0.39, 0.29) is 73.2 Å². The monoisotopic (exact) mass is 584 g/mol. The van der Waals surface area contributed by atoms with Crippen molar-refractivity contribution in [3.8, 4) is 0 Å². The molecule has 0 amide bonds. The molecule has 0 aliphatic rings. The number of esters is 3. The fourth-order valence-electron chi connectivity index (χ4n) is 2.90. The van der Waals surface area contributed by atoms with Crippen molar-refractivity contribution in [3.05, 3.63) is 76.5 Å². The number of ether oxygens (including phenoxy) is 10. The molecule has 0 aliphatic heterocycles. The molecule has 0 saturated heterocycles. The Hall–Kier alpha value is -3.91. The molecule has 41 heavy (non-hydrogen) atoms. The van der Waals surface area contributed by atoms with E-state index in [1.807, 2.05) is 0 Å². The summed E-state index contributed by atoms with van der Waals surface area (Å²) in [6.45, 7) is 18.8. The largest absolute Gasteiger partial charge is 0.476 e. The van der Waals surface area contributed by atoms with Crippen LogP contribution in [0.25, 0.3) is 0 Å². The van der Waals surface area contributed by atoms with Crippen LogP contribution in [0.15, 0.2) is 76.5 Å². The normalized spacial score (nSPS) is 10.8. The minimum atomic E-state index is -1.34. The van der Waals surface area contributed by atoms with Crippen molar-refractivity contribution in [3.63, 3.8) is 0 Å². The summed E-state index contributed by atoms with van der Waals surface area (Å²) in [4.78, 5) is 35.6. The van der Waals surface area contributed by atoms with Gasteiger partial charge in [-0.1, -0.05) is 39.5 Å². The van der Waals surface area contributed by atoms with Gasteiger partial charge in [-0.15, -0.1) is 0 Å². The van der Waals surface area contributed by atoms with E-state index in [9.17, 15) is 14.4 Å². The molecule has 0 aliphatic carbocycles. The van der Waals surface area contributed by atoms with Gasteiger partial charge in [-0.05, 0) is 0 Å². The van der Waals surface area contributed by atoms with Gasteiger partial charge in [0.2, 0.25) is 0 Å². The molecule has 0 aromatic rings. The Kier molecular flexibility index (Phi) is 20.7. The lowest BCUT2D eigenvalue weighted by Gasteiger charge is -2.35. The maximum absolute atomic E-state index is 11.9. The summed E-state index contributed by atoms with van der Waals surface area (Å²) in [5, 5.41) is 0. The molecule has 0 bridgehead atoms. The van der Waals surface area contributed by atoms with E-state index in [1.54, 1.807) is 0 Å². The molecule has 0 N–H and O–H groups in total. The second-order valence-corrected chi connectivity index (χ2v) is 8.33. The van der Waals surface area contributed by atoms with Crippen LogP contribution >= 0.6 is 0 Å². The Labute approximate surface area is 240 Å². The van der Waals surface area contributed by atoms with E-state index in [2.05, 4.69) is 39.5 Å². The van der Waals surface area contributed by atoms with Gasteiger partial charge in [-0.25, -0.2) is 14.4 Å². The third-order valence-corrected chi connectivity index (χ3v) is 4.91. The molecular formula is C28H40O13. The average Bonchev–Trinajstić information content (AvgIpc) is 2.99. The highest BCUT2D eigenvalue weighted by atomic mass is 16.7. The van der Waals surface area contributed by atoms with Crippen LogP contribution in [0, 0.1) is 10.8 Å². The maximum Gasteiger partial charge on any atom is 0.330 e. The van der Waals surface area contributed by atoms with Crippen LogP contribution in [-0.2, 0) is 61.8 Å². The Morgan fingerprint density at radius 1 is 0.439 bits per heavy atom. The summed E-state index contributed by atoms with van der Waals surface area (Å²) < 4.78 is 53.7. The van der Waals surface area contributed by atoms with Gasteiger partial charge in [0.1, 0.15) is 19.8 Å². The quantitative estimate of drug-likeness (QED) is 0.0332. The zero-order valence-corrected chi connectivity index (χ0v) is 23.3. The number of rotatable bonds is 28. The molecule has 0 aromatic heterocycles. The molecule has 0 unspecified atom stereocenters. The second-order valence-electron chi connectivity index (χ2n) is 8.33. The van der Waals surface area contributed by atoms with Gasteiger partial charge in [-0.3, -0.25) is 0 Å². The summed E-state index contributed by atoms with van der Waals surface area (Å²) >= 11 is 0. The van der Waals surface area contributed by atoms with Crippen LogP contribution in [0.3, 0.4) is 0 Å². The van der Waals surface area contributed by atoms with E-state index < -0.39 is 28.7 Å². The van der Waals surface area contributed by atoms with Crippen molar-refractivity contribution in [2.45, 2.75) is 0 Å². The minimum absolute atomic E-state index is 0.0123. The molecule has 0 heterocycles. The molecule has 0 saturated carbocycles. The summed E-state index contributed by atoms with van der Waals surface area (Å²) in [5.74, 6) is -2.26. The Bertz CT molecular complexity index is 751. The van der Waals surface area contributed by atoms with Crippen LogP contribution in [0.2, 0.25) is 0 Å². The minimum Gasteiger partial charge on any atom is -0.476 e. The van der Waals surface area contributed by atoms with Crippen LogP contribution in [0.1, 0.15) is 0 Å². The molecule has 13 nitrogen and oxygen atoms in total. The summed E-state index contributed by atoms with van der Waals surface area (Å²) in [6, 6.07) is 0. The van der Waals surface area contributed by atoms with Gasteiger partial charge < -0.3 is 47.4 Å². The van der Waals surface area contributed by atoms with Gasteiger partial charge in [0.25, 0.3) is 0 Å². The lowest BCUT2D eigenvalue weighted by Crippen LogP contribution is -2.46. The molecule has 0 rings (SSSR count). The van der Waals surface area contributed by atoms with Gasteiger partial charge in [-0.2, -0.15) is 0 Å². The summed E-state index contributed by atoms with van der Waals surface area (Å²) in [5.41, 5.74) is -2.31. The highest BCUT2D eigenvalue weighted by Gasteiger charge is 2.39. The lowest BCUT2D eigenvalue weighted by atomic mass is 9.90. The first-order chi connectivity index (χ1) is 19.8. The molecule has 0 spiro atoms. The predicted molar refractivity (Wildman–Crippen MR) is 145 cm³/mol. The smallest absolute Gasteiger partial charge is 0.330 e. The van der Waals surface area contributed by atoms with Crippen molar-refractivity contribution in [2.75, 3.05) is 73.2 Å². The summed E-state index contributed by atoms with van der Waals surface area (Å²) in [6.07, 6.45) is 6.52. The molecule has 230 valence electrons. The Balaban J connectivity index is 6.03. The first-order valence-corrected chi connectivity index (χ1v) is 12.1. The third kappa shape index (κ3) is 17.4. The Morgan fingerprint density at radius 3 is 0.976 bits per heavy atom. The third-order valence-electron chi connectivity index (χ3n) is 4.91. The SMILES string of the molecule is C=COCOCC(COCOC=C)(COCOC=C)COCC(COC(=O)C=C)(COC(=O)C=C)COC(=O)C=C. The van der Waals surface area contributed by atoms with Gasteiger partial charge in [0.15, 0.2) is 20.4 Å². The molecule has 0 fully saturated rings. The number of carbonyl (C=O) groups excluding carboxylic acids is 3. The topological polar surface area (TPSA) is 144 Å².